The second kappa shape index (κ2) is 8.60. The topological polar surface area (TPSA) is 15.6 Å². The highest BCUT2D eigenvalue weighted by Crippen LogP contribution is 2.14. The van der Waals surface area contributed by atoms with Gasteiger partial charge in [0.15, 0.2) is 0 Å². The van der Waals surface area contributed by atoms with Gasteiger partial charge in [0, 0.05) is 12.2 Å². The molecule has 22 heavy (non-hydrogen) atoms. The predicted octanol–water partition coefficient (Wildman–Crippen LogP) is 4.98. The Hall–Kier alpha value is -1.80. The third kappa shape index (κ3) is 6.31. The summed E-state index contributed by atoms with van der Waals surface area (Å²) in [5, 5.41) is 0. The number of benzene rings is 2. The van der Waals surface area contributed by atoms with Crippen LogP contribution in [0.2, 0.25) is 0 Å². The highest BCUT2D eigenvalue weighted by molar-refractivity contribution is 5.85. The number of halogens is 1. The molecule has 0 atom stereocenters. The van der Waals surface area contributed by atoms with E-state index in [1.165, 1.54) is 11.3 Å². The molecular weight excluding hydrogens is 292 g/mol. The molecule has 118 valence electrons. The highest BCUT2D eigenvalue weighted by Gasteiger charge is 2.08. The Balaban J connectivity index is 0.00000242. The Morgan fingerprint density at radius 3 is 2.00 bits per heavy atom. The Morgan fingerprint density at radius 2 is 1.45 bits per heavy atom. The van der Waals surface area contributed by atoms with E-state index in [9.17, 15) is 0 Å². The van der Waals surface area contributed by atoms with E-state index in [4.69, 9.17) is 0 Å². The molecule has 0 saturated heterocycles. The third-order valence-corrected chi connectivity index (χ3v) is 3.16. The molecule has 0 aliphatic rings. The van der Waals surface area contributed by atoms with Crippen molar-refractivity contribution < 1.29 is 0 Å². The highest BCUT2D eigenvalue weighted by atomic mass is 35.5. The fraction of sp³-hybridized carbons (Fsp3) is 0.316. The van der Waals surface area contributed by atoms with Crippen LogP contribution < -0.4 is 4.90 Å². The molecule has 2 nitrogen and oxygen atoms in total. The molecule has 3 heteroatoms. The number of rotatable bonds is 5. The van der Waals surface area contributed by atoms with Crippen LogP contribution in [0.4, 0.5) is 5.69 Å². The monoisotopic (exact) mass is 316 g/mol. The minimum absolute atomic E-state index is 0. The van der Waals surface area contributed by atoms with Crippen LogP contribution >= 0.6 is 12.4 Å². The van der Waals surface area contributed by atoms with Gasteiger partial charge in [-0.3, -0.25) is 4.99 Å². The maximum absolute atomic E-state index is 4.65. The summed E-state index contributed by atoms with van der Waals surface area (Å²) in [7, 11) is 0. The quantitative estimate of drug-likeness (QED) is 0.561. The molecule has 0 radical (unpaired) electrons. The van der Waals surface area contributed by atoms with Gasteiger partial charge in [-0.15, -0.1) is 12.4 Å². The number of para-hydroxylation sites is 1. The van der Waals surface area contributed by atoms with Gasteiger partial charge in [0.2, 0.25) is 0 Å². The van der Waals surface area contributed by atoms with Crippen molar-refractivity contribution in [2.75, 3.05) is 11.4 Å². The second-order valence-corrected chi connectivity index (χ2v) is 6.18. The minimum Gasteiger partial charge on any atom is -0.332 e. The van der Waals surface area contributed by atoms with Gasteiger partial charge in [-0.05, 0) is 44.9 Å². The van der Waals surface area contributed by atoms with Crippen molar-refractivity contribution in [3.05, 3.63) is 66.2 Å². The summed E-state index contributed by atoms with van der Waals surface area (Å²) >= 11 is 0. The average Bonchev–Trinajstić information content (AvgIpc) is 2.48. The van der Waals surface area contributed by atoms with Crippen LogP contribution in [-0.4, -0.2) is 18.4 Å². The van der Waals surface area contributed by atoms with Gasteiger partial charge in [-0.25, -0.2) is 0 Å². The second-order valence-electron chi connectivity index (χ2n) is 6.18. The molecule has 0 N–H and O–H groups in total. The van der Waals surface area contributed by atoms with Crippen molar-refractivity contribution in [3.8, 4) is 0 Å². The lowest BCUT2D eigenvalue weighted by atomic mass is 10.1. The van der Waals surface area contributed by atoms with E-state index in [2.05, 4.69) is 85.3 Å². The standard InChI is InChI=1S/C19H24N2.ClH/c1-19(2,3)20-16-21(18-12-8-5-9-13-18)15-14-17-10-6-4-7-11-17;/h4-13,16H,14-15H2,1-3H3;1H. The Morgan fingerprint density at radius 1 is 0.909 bits per heavy atom. The first kappa shape index (κ1) is 18.2. The van der Waals surface area contributed by atoms with Crippen molar-refractivity contribution in [1.29, 1.82) is 0 Å². The number of anilines is 1. The Kier molecular flexibility index (Phi) is 7.13. The maximum atomic E-state index is 4.65. The van der Waals surface area contributed by atoms with E-state index in [0.29, 0.717) is 0 Å². The lowest BCUT2D eigenvalue weighted by Crippen LogP contribution is -2.26. The largest absolute Gasteiger partial charge is 0.332 e. The van der Waals surface area contributed by atoms with Gasteiger partial charge >= 0.3 is 0 Å². The first-order chi connectivity index (χ1) is 10.0. The van der Waals surface area contributed by atoms with Crippen molar-refractivity contribution in [2.24, 2.45) is 4.99 Å². The van der Waals surface area contributed by atoms with Crippen LogP contribution in [0.1, 0.15) is 26.3 Å². The zero-order valence-corrected chi connectivity index (χ0v) is 14.4. The van der Waals surface area contributed by atoms with E-state index in [1.54, 1.807) is 0 Å². The van der Waals surface area contributed by atoms with Gasteiger partial charge in [-0.2, -0.15) is 0 Å². The van der Waals surface area contributed by atoms with Crippen molar-refractivity contribution >= 4 is 24.4 Å². The first-order valence-electron chi connectivity index (χ1n) is 7.45. The minimum atomic E-state index is -0.0558. The molecule has 0 aliphatic carbocycles. The summed E-state index contributed by atoms with van der Waals surface area (Å²) in [6.07, 6.45) is 2.98. The maximum Gasteiger partial charge on any atom is 0.0900 e. The Labute approximate surface area is 140 Å². The van der Waals surface area contributed by atoms with E-state index < -0.39 is 0 Å². The summed E-state index contributed by atoms with van der Waals surface area (Å²) in [6, 6.07) is 21.0. The SMILES string of the molecule is CC(C)(C)N=CN(CCc1ccccc1)c1ccccc1.Cl. The van der Waals surface area contributed by atoms with Crippen molar-refractivity contribution in [2.45, 2.75) is 32.7 Å². The van der Waals surface area contributed by atoms with Crippen LogP contribution in [0.5, 0.6) is 0 Å². The van der Waals surface area contributed by atoms with Gasteiger partial charge in [-0.1, -0.05) is 48.5 Å². The van der Waals surface area contributed by atoms with Crippen LogP contribution in [0.25, 0.3) is 0 Å². The number of hydrogen-bond donors (Lipinski definition) is 0. The predicted molar refractivity (Wildman–Crippen MR) is 99.4 cm³/mol. The molecule has 2 aromatic rings. The van der Waals surface area contributed by atoms with Crippen LogP contribution in [0.3, 0.4) is 0 Å². The van der Waals surface area contributed by atoms with Gasteiger partial charge in [0.1, 0.15) is 0 Å². The smallest absolute Gasteiger partial charge is 0.0900 e. The molecule has 2 aromatic carbocycles. The normalized spacial score (nSPS) is 11.2. The average molecular weight is 317 g/mol. The van der Waals surface area contributed by atoms with Gasteiger partial charge in [0.05, 0.1) is 11.9 Å². The first-order valence-corrected chi connectivity index (χ1v) is 7.45. The molecule has 0 heterocycles. The van der Waals surface area contributed by atoms with E-state index in [1.807, 2.05) is 12.4 Å². The molecular formula is C19H25ClN2. The van der Waals surface area contributed by atoms with Crippen molar-refractivity contribution in [3.63, 3.8) is 0 Å². The Bertz CT molecular complexity index is 559. The molecule has 2 rings (SSSR count). The number of nitrogens with zero attached hydrogens (tertiary/aromatic N) is 2. The van der Waals surface area contributed by atoms with E-state index in [0.717, 1.165) is 13.0 Å². The fourth-order valence-corrected chi connectivity index (χ4v) is 2.01. The molecule has 0 aromatic heterocycles. The van der Waals surface area contributed by atoms with Gasteiger partial charge in [0.25, 0.3) is 0 Å². The third-order valence-electron chi connectivity index (χ3n) is 3.16. The molecule has 0 unspecified atom stereocenters. The van der Waals surface area contributed by atoms with E-state index >= 15 is 0 Å². The van der Waals surface area contributed by atoms with Crippen LogP contribution in [-0.2, 0) is 6.42 Å². The number of hydrogen-bond acceptors (Lipinski definition) is 1. The van der Waals surface area contributed by atoms with E-state index in [-0.39, 0.29) is 17.9 Å². The molecule has 0 saturated carbocycles. The summed E-state index contributed by atoms with van der Waals surface area (Å²) in [6.45, 7) is 7.27. The van der Waals surface area contributed by atoms with Crippen LogP contribution in [0.15, 0.2) is 65.7 Å². The molecule has 0 amide bonds. The number of aliphatic imine (C=N–C) groups is 1. The summed E-state index contributed by atoms with van der Waals surface area (Å²) in [4.78, 5) is 6.87. The summed E-state index contributed by atoms with van der Waals surface area (Å²) < 4.78 is 0. The lowest BCUT2D eigenvalue weighted by molar-refractivity contribution is 0.584. The molecule has 0 bridgehead atoms. The molecule has 0 spiro atoms. The zero-order valence-electron chi connectivity index (χ0n) is 13.6. The summed E-state index contributed by atoms with van der Waals surface area (Å²) in [5.74, 6) is 0. The summed E-state index contributed by atoms with van der Waals surface area (Å²) in [5.41, 5.74) is 2.48. The van der Waals surface area contributed by atoms with Crippen LogP contribution in [0, 0.1) is 0 Å². The van der Waals surface area contributed by atoms with Gasteiger partial charge < -0.3 is 4.90 Å². The molecule has 0 fully saturated rings. The zero-order chi connectivity index (χ0) is 15.1. The van der Waals surface area contributed by atoms with Crippen molar-refractivity contribution in [1.82, 2.24) is 0 Å². The molecule has 0 aliphatic heterocycles. The lowest BCUT2D eigenvalue weighted by Gasteiger charge is -2.22. The fourth-order valence-electron chi connectivity index (χ4n) is 2.01.